The molecule has 0 spiro atoms. The first kappa shape index (κ1) is 11.5. The van der Waals surface area contributed by atoms with Gasteiger partial charge in [-0.3, -0.25) is 0 Å². The fourth-order valence-electron chi connectivity index (χ4n) is 2.51. The van der Waals surface area contributed by atoms with Crippen molar-refractivity contribution in [1.82, 2.24) is 5.32 Å². The number of nitrogens with one attached hydrogen (secondary N) is 1. The standard InChI is InChI=1S/C14H21NO/c1-10-8-12(9-10)15-11(2)13-6-4-5-7-14(13)16-3/h4-7,10-12,15H,8-9H2,1-3H3/t10?,11-,12?/m1/s1. The Morgan fingerprint density at radius 2 is 2.00 bits per heavy atom. The van der Waals surface area contributed by atoms with Gasteiger partial charge in [-0.25, -0.2) is 0 Å². The van der Waals surface area contributed by atoms with Gasteiger partial charge in [0.25, 0.3) is 0 Å². The lowest BCUT2D eigenvalue weighted by atomic mass is 9.81. The molecule has 2 heteroatoms. The third kappa shape index (κ3) is 2.38. The molecule has 0 bridgehead atoms. The minimum Gasteiger partial charge on any atom is -0.496 e. The summed E-state index contributed by atoms with van der Waals surface area (Å²) in [5.41, 5.74) is 1.25. The van der Waals surface area contributed by atoms with Crippen molar-refractivity contribution in [3.8, 4) is 5.75 Å². The van der Waals surface area contributed by atoms with Crippen molar-refractivity contribution >= 4 is 0 Å². The summed E-state index contributed by atoms with van der Waals surface area (Å²) in [6.07, 6.45) is 2.61. The Bertz CT molecular complexity index is 344. The second kappa shape index (κ2) is 4.88. The normalized spacial score (nSPS) is 25.9. The van der Waals surface area contributed by atoms with Gasteiger partial charge in [0.15, 0.2) is 0 Å². The molecule has 1 aliphatic rings. The van der Waals surface area contributed by atoms with E-state index in [1.807, 2.05) is 12.1 Å². The molecule has 1 fully saturated rings. The highest BCUT2D eigenvalue weighted by Crippen LogP contribution is 2.30. The monoisotopic (exact) mass is 219 g/mol. The number of methoxy groups -OCH3 is 1. The zero-order valence-electron chi connectivity index (χ0n) is 10.4. The molecule has 1 N–H and O–H groups in total. The van der Waals surface area contributed by atoms with Crippen LogP contribution in [-0.2, 0) is 0 Å². The highest BCUT2D eigenvalue weighted by Gasteiger charge is 2.26. The number of benzene rings is 1. The fraction of sp³-hybridized carbons (Fsp3) is 0.571. The summed E-state index contributed by atoms with van der Waals surface area (Å²) in [7, 11) is 1.73. The van der Waals surface area contributed by atoms with Crippen molar-refractivity contribution in [2.45, 2.75) is 38.8 Å². The quantitative estimate of drug-likeness (QED) is 0.840. The molecule has 0 aromatic heterocycles. The fourth-order valence-corrected chi connectivity index (χ4v) is 2.51. The molecular weight excluding hydrogens is 198 g/mol. The van der Waals surface area contributed by atoms with Crippen molar-refractivity contribution in [3.05, 3.63) is 29.8 Å². The van der Waals surface area contributed by atoms with Crippen LogP contribution in [0, 0.1) is 5.92 Å². The van der Waals surface area contributed by atoms with Crippen LogP contribution in [0.1, 0.15) is 38.3 Å². The summed E-state index contributed by atoms with van der Waals surface area (Å²) in [4.78, 5) is 0. The summed E-state index contributed by atoms with van der Waals surface area (Å²) >= 11 is 0. The Balaban J connectivity index is 1.99. The molecule has 2 nitrogen and oxygen atoms in total. The molecule has 1 saturated carbocycles. The average molecular weight is 219 g/mol. The second-order valence-corrected chi connectivity index (χ2v) is 4.90. The average Bonchev–Trinajstić information content (AvgIpc) is 2.27. The van der Waals surface area contributed by atoms with Crippen LogP contribution in [-0.4, -0.2) is 13.2 Å². The van der Waals surface area contributed by atoms with E-state index in [1.54, 1.807) is 7.11 Å². The highest BCUT2D eigenvalue weighted by atomic mass is 16.5. The predicted octanol–water partition coefficient (Wildman–Crippen LogP) is 3.14. The van der Waals surface area contributed by atoms with E-state index >= 15 is 0 Å². The van der Waals surface area contributed by atoms with Crippen LogP contribution in [0.5, 0.6) is 5.75 Å². The smallest absolute Gasteiger partial charge is 0.123 e. The van der Waals surface area contributed by atoms with Crippen LogP contribution in [0.2, 0.25) is 0 Å². The van der Waals surface area contributed by atoms with Gasteiger partial charge in [-0.1, -0.05) is 25.1 Å². The molecule has 1 aromatic carbocycles. The Morgan fingerprint density at radius 1 is 1.31 bits per heavy atom. The van der Waals surface area contributed by atoms with Gasteiger partial charge in [0.05, 0.1) is 7.11 Å². The van der Waals surface area contributed by atoms with Crippen LogP contribution >= 0.6 is 0 Å². The number of ether oxygens (including phenoxy) is 1. The van der Waals surface area contributed by atoms with Gasteiger partial charge in [0.2, 0.25) is 0 Å². The minimum absolute atomic E-state index is 0.369. The molecule has 1 aliphatic carbocycles. The summed E-state index contributed by atoms with van der Waals surface area (Å²) in [6, 6.07) is 9.30. The summed E-state index contributed by atoms with van der Waals surface area (Å²) in [5, 5.41) is 3.66. The molecule has 0 radical (unpaired) electrons. The zero-order chi connectivity index (χ0) is 11.5. The summed E-state index contributed by atoms with van der Waals surface area (Å²) < 4.78 is 5.38. The molecule has 0 heterocycles. The van der Waals surface area contributed by atoms with Gasteiger partial charge < -0.3 is 10.1 Å². The molecule has 0 amide bonds. The molecule has 0 saturated heterocycles. The van der Waals surface area contributed by atoms with Crippen molar-refractivity contribution in [2.24, 2.45) is 5.92 Å². The van der Waals surface area contributed by atoms with E-state index in [0.29, 0.717) is 12.1 Å². The topological polar surface area (TPSA) is 21.3 Å². The van der Waals surface area contributed by atoms with Gasteiger partial charge in [-0.2, -0.15) is 0 Å². The van der Waals surface area contributed by atoms with Crippen LogP contribution in [0.15, 0.2) is 24.3 Å². The lowest BCUT2D eigenvalue weighted by molar-refractivity contribution is 0.225. The highest BCUT2D eigenvalue weighted by molar-refractivity contribution is 5.35. The Labute approximate surface area is 98.0 Å². The van der Waals surface area contributed by atoms with Crippen molar-refractivity contribution < 1.29 is 4.74 Å². The molecule has 1 atom stereocenters. The van der Waals surface area contributed by atoms with E-state index in [1.165, 1.54) is 18.4 Å². The second-order valence-electron chi connectivity index (χ2n) is 4.90. The van der Waals surface area contributed by atoms with E-state index in [0.717, 1.165) is 11.7 Å². The molecule has 16 heavy (non-hydrogen) atoms. The van der Waals surface area contributed by atoms with Gasteiger partial charge in [-0.15, -0.1) is 0 Å². The Hall–Kier alpha value is -1.02. The number of para-hydroxylation sites is 1. The van der Waals surface area contributed by atoms with Crippen molar-refractivity contribution in [3.63, 3.8) is 0 Å². The molecule has 88 valence electrons. The van der Waals surface area contributed by atoms with Crippen LogP contribution in [0.4, 0.5) is 0 Å². The lowest BCUT2D eigenvalue weighted by Gasteiger charge is -2.36. The van der Waals surface area contributed by atoms with E-state index in [9.17, 15) is 0 Å². The first-order valence-electron chi connectivity index (χ1n) is 6.09. The maximum Gasteiger partial charge on any atom is 0.123 e. The van der Waals surface area contributed by atoms with Crippen molar-refractivity contribution in [1.29, 1.82) is 0 Å². The third-order valence-corrected chi connectivity index (χ3v) is 3.46. The van der Waals surface area contributed by atoms with Crippen molar-refractivity contribution in [2.75, 3.05) is 7.11 Å². The maximum absolute atomic E-state index is 5.38. The van der Waals surface area contributed by atoms with Gasteiger partial charge in [0.1, 0.15) is 5.75 Å². The molecule has 0 aliphatic heterocycles. The third-order valence-electron chi connectivity index (χ3n) is 3.46. The largest absolute Gasteiger partial charge is 0.496 e. The number of hydrogen-bond acceptors (Lipinski definition) is 2. The molecule has 0 unspecified atom stereocenters. The minimum atomic E-state index is 0.369. The van der Waals surface area contributed by atoms with E-state index in [-0.39, 0.29) is 0 Å². The SMILES string of the molecule is COc1ccccc1[C@@H](C)NC1CC(C)C1. The first-order chi connectivity index (χ1) is 7.70. The van der Waals surface area contributed by atoms with Gasteiger partial charge in [-0.05, 0) is 31.7 Å². The first-order valence-corrected chi connectivity index (χ1v) is 6.09. The van der Waals surface area contributed by atoms with Crippen LogP contribution in [0.3, 0.4) is 0 Å². The maximum atomic E-state index is 5.38. The predicted molar refractivity (Wildman–Crippen MR) is 66.7 cm³/mol. The molecule has 2 rings (SSSR count). The van der Waals surface area contributed by atoms with Crippen LogP contribution in [0.25, 0.3) is 0 Å². The summed E-state index contributed by atoms with van der Waals surface area (Å²) in [5.74, 6) is 1.87. The molecule has 1 aromatic rings. The zero-order valence-corrected chi connectivity index (χ0v) is 10.4. The number of rotatable bonds is 4. The lowest BCUT2D eigenvalue weighted by Crippen LogP contribution is -2.41. The Morgan fingerprint density at radius 3 is 2.62 bits per heavy atom. The van der Waals surface area contributed by atoms with E-state index in [4.69, 9.17) is 4.74 Å². The van der Waals surface area contributed by atoms with E-state index in [2.05, 4.69) is 31.3 Å². The van der Waals surface area contributed by atoms with Crippen LogP contribution < -0.4 is 10.1 Å². The van der Waals surface area contributed by atoms with Gasteiger partial charge in [0, 0.05) is 17.6 Å². The van der Waals surface area contributed by atoms with E-state index < -0.39 is 0 Å². The van der Waals surface area contributed by atoms with Gasteiger partial charge >= 0.3 is 0 Å². The number of hydrogen-bond donors (Lipinski definition) is 1. The Kier molecular flexibility index (Phi) is 3.49. The molecular formula is C14H21NO. The summed E-state index contributed by atoms with van der Waals surface area (Å²) in [6.45, 7) is 4.52.